The van der Waals surface area contributed by atoms with Gasteiger partial charge < -0.3 is 8.83 Å². The summed E-state index contributed by atoms with van der Waals surface area (Å²) in [4.78, 5) is 0. The van der Waals surface area contributed by atoms with Crippen molar-refractivity contribution in [3.05, 3.63) is 85.1 Å². The Morgan fingerprint density at radius 1 is 0.577 bits per heavy atom. The Labute approximate surface area is 149 Å². The lowest BCUT2D eigenvalue weighted by Crippen LogP contribution is -1.83. The second kappa shape index (κ2) is 4.99. The highest BCUT2D eigenvalue weighted by molar-refractivity contribution is 6.25. The molecule has 122 valence electrons. The lowest BCUT2D eigenvalue weighted by molar-refractivity contribution is 0.616. The third-order valence-electron chi connectivity index (χ3n) is 5.16. The molecule has 0 aliphatic heterocycles. The van der Waals surface area contributed by atoms with Crippen LogP contribution in [0.2, 0.25) is 0 Å². The maximum Gasteiger partial charge on any atom is 0.144 e. The molecule has 0 saturated heterocycles. The quantitative estimate of drug-likeness (QED) is 0.319. The molecule has 0 radical (unpaired) electrons. The molecule has 0 aliphatic rings. The molecule has 0 N–H and O–H groups in total. The molecule has 2 heterocycles. The third kappa shape index (κ3) is 1.76. The van der Waals surface area contributed by atoms with Crippen molar-refractivity contribution in [2.75, 3.05) is 0 Å². The molecular formula is C24H14O2. The number of benzene rings is 4. The summed E-state index contributed by atoms with van der Waals surface area (Å²) in [6.45, 7) is 0. The van der Waals surface area contributed by atoms with Crippen LogP contribution < -0.4 is 0 Å². The maximum atomic E-state index is 6.29. The first-order chi connectivity index (χ1) is 12.9. The Morgan fingerprint density at radius 3 is 2.31 bits per heavy atom. The number of furan rings is 2. The van der Waals surface area contributed by atoms with Gasteiger partial charge in [-0.15, -0.1) is 0 Å². The van der Waals surface area contributed by atoms with Crippen LogP contribution >= 0.6 is 0 Å². The lowest BCUT2D eigenvalue weighted by atomic mass is 9.94. The fourth-order valence-corrected chi connectivity index (χ4v) is 3.99. The summed E-state index contributed by atoms with van der Waals surface area (Å²) in [6, 6.07) is 27.1. The molecule has 0 fully saturated rings. The fraction of sp³-hybridized carbons (Fsp3) is 0. The SMILES string of the molecule is c1ccc(-c2cc3occc3c3c2ccc2c4ccccc4oc23)cc1. The number of hydrogen-bond acceptors (Lipinski definition) is 2. The molecule has 26 heavy (non-hydrogen) atoms. The van der Waals surface area contributed by atoms with E-state index in [-0.39, 0.29) is 0 Å². The molecule has 2 aromatic heterocycles. The minimum atomic E-state index is 0.879. The van der Waals surface area contributed by atoms with E-state index in [1.165, 1.54) is 10.9 Å². The second-order valence-electron chi connectivity index (χ2n) is 6.59. The Hall–Kier alpha value is -3.52. The zero-order valence-corrected chi connectivity index (χ0v) is 13.9. The molecule has 0 aliphatic carbocycles. The van der Waals surface area contributed by atoms with Gasteiger partial charge in [-0.05, 0) is 40.8 Å². The Kier molecular flexibility index (Phi) is 2.64. The molecule has 6 rings (SSSR count). The van der Waals surface area contributed by atoms with Crippen LogP contribution in [-0.4, -0.2) is 0 Å². The highest BCUT2D eigenvalue weighted by atomic mass is 16.3. The van der Waals surface area contributed by atoms with Crippen LogP contribution in [0.5, 0.6) is 0 Å². The predicted octanol–water partition coefficient (Wildman–Crippen LogP) is 7.15. The zero-order valence-electron chi connectivity index (χ0n) is 13.9. The fourth-order valence-electron chi connectivity index (χ4n) is 3.99. The van der Waals surface area contributed by atoms with E-state index in [1.54, 1.807) is 6.26 Å². The van der Waals surface area contributed by atoms with E-state index < -0.39 is 0 Å². The summed E-state index contributed by atoms with van der Waals surface area (Å²) in [5.41, 5.74) is 5.05. The number of rotatable bonds is 1. The molecule has 0 atom stereocenters. The Bertz CT molecular complexity index is 1420. The number of fused-ring (bicyclic) bond motifs is 7. The van der Waals surface area contributed by atoms with Crippen molar-refractivity contribution in [3.63, 3.8) is 0 Å². The van der Waals surface area contributed by atoms with E-state index in [4.69, 9.17) is 8.83 Å². The number of hydrogen-bond donors (Lipinski definition) is 0. The minimum Gasteiger partial charge on any atom is -0.464 e. The van der Waals surface area contributed by atoms with Crippen LogP contribution in [0.1, 0.15) is 0 Å². The smallest absolute Gasteiger partial charge is 0.144 e. The summed E-state index contributed by atoms with van der Waals surface area (Å²) < 4.78 is 12.1. The van der Waals surface area contributed by atoms with Gasteiger partial charge in [-0.25, -0.2) is 0 Å². The first-order valence-corrected chi connectivity index (χ1v) is 8.70. The van der Waals surface area contributed by atoms with Crippen molar-refractivity contribution in [1.82, 2.24) is 0 Å². The molecule has 0 unspecified atom stereocenters. The Balaban J connectivity index is 1.88. The van der Waals surface area contributed by atoms with Gasteiger partial charge in [0.1, 0.15) is 16.7 Å². The van der Waals surface area contributed by atoms with E-state index in [2.05, 4.69) is 54.6 Å². The molecule has 2 nitrogen and oxygen atoms in total. The standard InChI is InChI=1S/C24H14O2/c1-2-6-15(7-3-1)20-14-22-19(12-13-25-22)23-17(20)10-11-18-16-8-4-5-9-21(16)26-24(18)23/h1-14H. The topological polar surface area (TPSA) is 26.3 Å². The van der Waals surface area contributed by atoms with Gasteiger partial charge in [0, 0.05) is 21.5 Å². The second-order valence-corrected chi connectivity index (χ2v) is 6.59. The first-order valence-electron chi connectivity index (χ1n) is 8.70. The van der Waals surface area contributed by atoms with E-state index >= 15 is 0 Å². The summed E-state index contributed by atoms with van der Waals surface area (Å²) in [5.74, 6) is 0. The first kappa shape index (κ1) is 13.7. The zero-order chi connectivity index (χ0) is 17.1. The molecular weight excluding hydrogens is 320 g/mol. The van der Waals surface area contributed by atoms with Gasteiger partial charge in [0.2, 0.25) is 0 Å². The minimum absolute atomic E-state index is 0.879. The van der Waals surface area contributed by atoms with Crippen molar-refractivity contribution in [2.24, 2.45) is 0 Å². The average Bonchev–Trinajstić information content (AvgIpc) is 3.32. The maximum absolute atomic E-state index is 6.29. The van der Waals surface area contributed by atoms with Gasteiger partial charge in [-0.3, -0.25) is 0 Å². The van der Waals surface area contributed by atoms with Crippen LogP contribution in [0.3, 0.4) is 0 Å². The van der Waals surface area contributed by atoms with Crippen molar-refractivity contribution in [1.29, 1.82) is 0 Å². The van der Waals surface area contributed by atoms with Crippen LogP contribution in [0, 0.1) is 0 Å². The Morgan fingerprint density at radius 2 is 1.38 bits per heavy atom. The van der Waals surface area contributed by atoms with Gasteiger partial charge in [-0.1, -0.05) is 54.6 Å². The van der Waals surface area contributed by atoms with E-state index in [0.29, 0.717) is 0 Å². The van der Waals surface area contributed by atoms with Gasteiger partial charge in [0.05, 0.1) is 6.26 Å². The molecule has 6 aromatic rings. The molecule has 0 saturated carbocycles. The van der Waals surface area contributed by atoms with Crippen LogP contribution in [0.15, 0.2) is 94.0 Å². The van der Waals surface area contributed by atoms with Gasteiger partial charge >= 0.3 is 0 Å². The molecule has 0 spiro atoms. The monoisotopic (exact) mass is 334 g/mol. The van der Waals surface area contributed by atoms with Crippen molar-refractivity contribution in [3.8, 4) is 11.1 Å². The third-order valence-corrected chi connectivity index (χ3v) is 5.16. The largest absolute Gasteiger partial charge is 0.464 e. The van der Waals surface area contributed by atoms with Crippen LogP contribution in [-0.2, 0) is 0 Å². The van der Waals surface area contributed by atoms with Crippen molar-refractivity contribution < 1.29 is 8.83 Å². The summed E-state index contributed by atoms with van der Waals surface area (Å²) in [6.07, 6.45) is 1.75. The predicted molar refractivity (Wildman–Crippen MR) is 106 cm³/mol. The van der Waals surface area contributed by atoms with E-state index in [0.717, 1.165) is 43.9 Å². The highest BCUT2D eigenvalue weighted by Crippen LogP contribution is 2.41. The van der Waals surface area contributed by atoms with Gasteiger partial charge in [0.15, 0.2) is 0 Å². The normalized spacial score (nSPS) is 11.8. The summed E-state index contributed by atoms with van der Waals surface area (Å²) in [7, 11) is 0. The number of para-hydroxylation sites is 1. The van der Waals surface area contributed by atoms with Crippen LogP contribution in [0.4, 0.5) is 0 Å². The molecule has 0 amide bonds. The summed E-state index contributed by atoms with van der Waals surface area (Å²) >= 11 is 0. The lowest BCUT2D eigenvalue weighted by Gasteiger charge is -2.08. The van der Waals surface area contributed by atoms with Crippen molar-refractivity contribution >= 4 is 43.7 Å². The van der Waals surface area contributed by atoms with E-state index in [9.17, 15) is 0 Å². The van der Waals surface area contributed by atoms with Gasteiger partial charge in [-0.2, -0.15) is 0 Å². The van der Waals surface area contributed by atoms with Crippen molar-refractivity contribution in [2.45, 2.75) is 0 Å². The molecule has 4 aromatic carbocycles. The van der Waals surface area contributed by atoms with E-state index in [1.807, 2.05) is 24.3 Å². The average molecular weight is 334 g/mol. The molecule has 2 heteroatoms. The summed E-state index contributed by atoms with van der Waals surface area (Å²) in [5, 5.41) is 5.66. The van der Waals surface area contributed by atoms with Crippen LogP contribution in [0.25, 0.3) is 54.8 Å². The van der Waals surface area contributed by atoms with Gasteiger partial charge in [0.25, 0.3) is 0 Å². The molecule has 0 bridgehead atoms. The highest BCUT2D eigenvalue weighted by Gasteiger charge is 2.16.